The Labute approximate surface area is 127 Å². The number of aryl methyl sites for hydroxylation is 1. The van der Waals surface area contributed by atoms with Gasteiger partial charge < -0.3 is 5.32 Å². The molecule has 1 aromatic carbocycles. The lowest BCUT2D eigenvalue weighted by molar-refractivity contribution is -0.385. The van der Waals surface area contributed by atoms with E-state index in [0.717, 1.165) is 18.2 Å². The summed E-state index contributed by atoms with van der Waals surface area (Å²) in [5, 5.41) is 14.6. The molecule has 1 atom stereocenters. The lowest BCUT2D eigenvalue weighted by Crippen LogP contribution is -2.24. The van der Waals surface area contributed by atoms with Gasteiger partial charge in [0.1, 0.15) is 0 Å². The Bertz CT molecular complexity index is 491. The van der Waals surface area contributed by atoms with Crippen LogP contribution >= 0.6 is 15.9 Å². The van der Waals surface area contributed by atoms with Gasteiger partial charge in [0.25, 0.3) is 11.6 Å². The maximum atomic E-state index is 11.9. The molecule has 0 heterocycles. The van der Waals surface area contributed by atoms with Crippen molar-refractivity contribution in [2.45, 2.75) is 26.7 Å². The zero-order valence-corrected chi connectivity index (χ0v) is 13.3. The van der Waals surface area contributed by atoms with E-state index in [1.54, 1.807) is 19.1 Å². The number of nitro groups is 1. The number of nitrogens with one attached hydrogen (secondary N) is 1. The van der Waals surface area contributed by atoms with Crippen molar-refractivity contribution >= 4 is 27.5 Å². The highest BCUT2D eigenvalue weighted by Crippen LogP contribution is 2.19. The van der Waals surface area contributed by atoms with Gasteiger partial charge in [-0.05, 0) is 31.7 Å². The van der Waals surface area contributed by atoms with E-state index >= 15 is 0 Å². The Morgan fingerprint density at radius 3 is 2.80 bits per heavy atom. The van der Waals surface area contributed by atoms with Crippen LogP contribution < -0.4 is 5.32 Å². The Morgan fingerprint density at radius 2 is 2.20 bits per heavy atom. The third-order valence-corrected chi connectivity index (χ3v) is 4.20. The zero-order chi connectivity index (χ0) is 15.1. The highest BCUT2D eigenvalue weighted by atomic mass is 79.9. The van der Waals surface area contributed by atoms with Crippen molar-refractivity contribution < 1.29 is 9.72 Å². The SMILES string of the molecule is Cc1ccc(C(=O)NCCCC(C)CBr)cc1[N+](=O)[O-]. The fraction of sp³-hybridized carbons (Fsp3) is 0.500. The van der Waals surface area contributed by atoms with Gasteiger partial charge in [-0.2, -0.15) is 0 Å². The normalized spacial score (nSPS) is 11.9. The van der Waals surface area contributed by atoms with E-state index < -0.39 is 4.92 Å². The molecule has 110 valence electrons. The first-order chi connectivity index (χ1) is 9.45. The second-order valence-electron chi connectivity index (χ2n) is 4.92. The number of benzene rings is 1. The summed E-state index contributed by atoms with van der Waals surface area (Å²) in [5.74, 6) is 0.312. The first-order valence-corrected chi connectivity index (χ1v) is 7.67. The van der Waals surface area contributed by atoms with Gasteiger partial charge in [0.15, 0.2) is 0 Å². The molecule has 0 aliphatic carbocycles. The fourth-order valence-electron chi connectivity index (χ4n) is 1.78. The Kier molecular flexibility index (Phi) is 6.64. The van der Waals surface area contributed by atoms with Gasteiger partial charge in [0.2, 0.25) is 0 Å². The second-order valence-corrected chi connectivity index (χ2v) is 5.56. The second kappa shape index (κ2) is 7.99. The van der Waals surface area contributed by atoms with Crippen LogP contribution in [-0.4, -0.2) is 22.7 Å². The number of carbonyl (C=O) groups excluding carboxylic acids is 1. The topological polar surface area (TPSA) is 72.2 Å². The van der Waals surface area contributed by atoms with Crippen molar-refractivity contribution in [3.05, 3.63) is 39.4 Å². The van der Waals surface area contributed by atoms with E-state index in [2.05, 4.69) is 28.2 Å². The molecule has 0 aromatic heterocycles. The molecule has 0 bridgehead atoms. The molecule has 0 spiro atoms. The minimum Gasteiger partial charge on any atom is -0.352 e. The van der Waals surface area contributed by atoms with E-state index in [9.17, 15) is 14.9 Å². The molecule has 0 aliphatic heterocycles. The number of amides is 1. The third kappa shape index (κ3) is 4.92. The summed E-state index contributed by atoms with van der Waals surface area (Å²) in [7, 11) is 0. The van der Waals surface area contributed by atoms with E-state index in [4.69, 9.17) is 0 Å². The summed E-state index contributed by atoms with van der Waals surface area (Å²) in [6, 6.07) is 4.53. The number of nitro benzene ring substituents is 1. The number of rotatable bonds is 7. The minimum absolute atomic E-state index is 0.0226. The summed E-state index contributed by atoms with van der Waals surface area (Å²) in [4.78, 5) is 22.3. The van der Waals surface area contributed by atoms with Crippen LogP contribution in [0.4, 0.5) is 5.69 Å². The smallest absolute Gasteiger partial charge is 0.273 e. The Balaban J connectivity index is 2.56. The van der Waals surface area contributed by atoms with Crippen molar-refractivity contribution in [2.75, 3.05) is 11.9 Å². The molecule has 0 fully saturated rings. The van der Waals surface area contributed by atoms with Crippen LogP contribution in [0.3, 0.4) is 0 Å². The van der Waals surface area contributed by atoms with Gasteiger partial charge >= 0.3 is 0 Å². The maximum absolute atomic E-state index is 11.9. The number of halogens is 1. The van der Waals surface area contributed by atoms with Crippen molar-refractivity contribution in [3.63, 3.8) is 0 Å². The molecule has 0 aliphatic rings. The summed E-state index contributed by atoms with van der Waals surface area (Å²) in [5.41, 5.74) is 0.860. The van der Waals surface area contributed by atoms with E-state index in [1.807, 2.05) is 0 Å². The number of hydrogen-bond acceptors (Lipinski definition) is 3. The Hall–Kier alpha value is -1.43. The predicted molar refractivity (Wildman–Crippen MR) is 82.4 cm³/mol. The molecule has 1 N–H and O–H groups in total. The fourth-order valence-corrected chi connectivity index (χ4v) is 2.10. The van der Waals surface area contributed by atoms with Gasteiger partial charge in [0.05, 0.1) is 4.92 Å². The summed E-state index contributed by atoms with van der Waals surface area (Å²) < 4.78 is 0. The van der Waals surface area contributed by atoms with Gasteiger partial charge in [0, 0.05) is 29.1 Å². The van der Waals surface area contributed by atoms with Gasteiger partial charge in [-0.1, -0.05) is 28.9 Å². The van der Waals surface area contributed by atoms with Crippen molar-refractivity contribution in [2.24, 2.45) is 5.92 Å². The maximum Gasteiger partial charge on any atom is 0.273 e. The van der Waals surface area contributed by atoms with Crippen LogP contribution in [-0.2, 0) is 0 Å². The van der Waals surface area contributed by atoms with Gasteiger partial charge in [-0.25, -0.2) is 0 Å². The molecule has 1 rings (SSSR count). The highest BCUT2D eigenvalue weighted by molar-refractivity contribution is 9.09. The van der Waals surface area contributed by atoms with Crippen LogP contribution in [0.15, 0.2) is 18.2 Å². The summed E-state index contributed by atoms with van der Waals surface area (Å²) >= 11 is 3.41. The number of hydrogen-bond donors (Lipinski definition) is 1. The van der Waals surface area contributed by atoms with Crippen LogP contribution in [0, 0.1) is 23.0 Å². The lowest BCUT2D eigenvalue weighted by atomic mass is 10.1. The molecule has 0 saturated carbocycles. The van der Waals surface area contributed by atoms with E-state index in [1.165, 1.54) is 6.07 Å². The number of carbonyl (C=O) groups is 1. The lowest BCUT2D eigenvalue weighted by Gasteiger charge is -2.08. The van der Waals surface area contributed by atoms with Crippen LogP contribution in [0.1, 0.15) is 35.7 Å². The van der Waals surface area contributed by atoms with Crippen LogP contribution in [0.25, 0.3) is 0 Å². The first-order valence-electron chi connectivity index (χ1n) is 6.55. The quantitative estimate of drug-likeness (QED) is 0.357. The Morgan fingerprint density at radius 1 is 1.50 bits per heavy atom. The number of alkyl halides is 1. The molecular weight excluding hydrogens is 324 g/mol. The molecule has 20 heavy (non-hydrogen) atoms. The number of nitrogens with zero attached hydrogens (tertiary/aromatic N) is 1. The molecule has 1 unspecified atom stereocenters. The van der Waals surface area contributed by atoms with Crippen molar-refractivity contribution in [3.8, 4) is 0 Å². The third-order valence-electron chi connectivity index (χ3n) is 3.09. The van der Waals surface area contributed by atoms with Crippen molar-refractivity contribution in [1.29, 1.82) is 0 Å². The van der Waals surface area contributed by atoms with Crippen LogP contribution in [0.5, 0.6) is 0 Å². The standard InChI is InChI=1S/C14H19BrN2O3/c1-10(9-15)4-3-7-16-14(18)12-6-5-11(2)13(8-12)17(19)20/h5-6,8,10H,3-4,7,9H2,1-2H3,(H,16,18). The van der Waals surface area contributed by atoms with Gasteiger partial charge in [-0.3, -0.25) is 14.9 Å². The van der Waals surface area contributed by atoms with Crippen molar-refractivity contribution in [1.82, 2.24) is 5.32 Å². The largest absolute Gasteiger partial charge is 0.352 e. The summed E-state index contributed by atoms with van der Waals surface area (Å²) in [6.45, 7) is 4.37. The molecule has 6 heteroatoms. The molecule has 0 saturated heterocycles. The monoisotopic (exact) mass is 342 g/mol. The summed E-state index contributed by atoms with van der Waals surface area (Å²) in [6.07, 6.45) is 1.92. The molecular formula is C14H19BrN2O3. The average Bonchev–Trinajstić information content (AvgIpc) is 2.43. The predicted octanol–water partition coefficient (Wildman–Crippen LogP) is 3.44. The molecule has 5 nitrogen and oxygen atoms in total. The highest BCUT2D eigenvalue weighted by Gasteiger charge is 2.14. The van der Waals surface area contributed by atoms with Crippen LogP contribution in [0.2, 0.25) is 0 Å². The van der Waals surface area contributed by atoms with E-state index in [0.29, 0.717) is 23.6 Å². The minimum atomic E-state index is -0.468. The molecule has 1 amide bonds. The zero-order valence-electron chi connectivity index (χ0n) is 11.7. The molecule has 0 radical (unpaired) electrons. The van der Waals surface area contributed by atoms with Gasteiger partial charge in [-0.15, -0.1) is 0 Å². The first kappa shape index (κ1) is 16.6. The van der Waals surface area contributed by atoms with E-state index in [-0.39, 0.29) is 11.6 Å². The average molecular weight is 343 g/mol. The molecule has 1 aromatic rings.